The van der Waals surface area contributed by atoms with E-state index in [9.17, 15) is 18.0 Å². The number of carbonyl (C=O) groups excluding carboxylic acids is 2. The highest BCUT2D eigenvalue weighted by Gasteiger charge is 2.29. The van der Waals surface area contributed by atoms with Gasteiger partial charge in [-0.25, -0.2) is 13.2 Å². The maximum absolute atomic E-state index is 12.5. The number of methoxy groups -OCH3 is 1. The van der Waals surface area contributed by atoms with Crippen LogP contribution < -0.4 is 5.32 Å². The molecule has 3 heterocycles. The first-order chi connectivity index (χ1) is 12.9. The predicted molar refractivity (Wildman–Crippen MR) is 104 cm³/mol. The molecule has 3 rings (SSSR count). The van der Waals surface area contributed by atoms with Gasteiger partial charge in [0.05, 0.1) is 19.3 Å². The van der Waals surface area contributed by atoms with Gasteiger partial charge in [-0.15, -0.1) is 22.7 Å². The summed E-state index contributed by atoms with van der Waals surface area (Å²) in [6.45, 7) is 1.72. The second-order valence-corrected chi connectivity index (χ2v) is 9.84. The van der Waals surface area contributed by atoms with Crippen molar-refractivity contribution in [3.05, 3.63) is 33.8 Å². The molecule has 1 fully saturated rings. The molecule has 0 atom stereocenters. The normalized spacial score (nSPS) is 16.2. The predicted octanol–water partition coefficient (Wildman–Crippen LogP) is 1.54. The van der Waals surface area contributed by atoms with E-state index in [0.29, 0.717) is 41.0 Å². The summed E-state index contributed by atoms with van der Waals surface area (Å²) in [5.74, 6) is -0.749. The van der Waals surface area contributed by atoms with Crippen molar-refractivity contribution in [3.8, 4) is 0 Å². The van der Waals surface area contributed by atoms with Gasteiger partial charge >= 0.3 is 5.97 Å². The fraction of sp³-hybridized carbons (Fsp3) is 0.375. The van der Waals surface area contributed by atoms with Crippen LogP contribution in [0, 0.1) is 0 Å². The molecule has 11 heteroatoms. The molecule has 8 nitrogen and oxygen atoms in total. The van der Waals surface area contributed by atoms with Crippen LogP contribution in [-0.4, -0.2) is 69.3 Å². The van der Waals surface area contributed by atoms with E-state index >= 15 is 0 Å². The van der Waals surface area contributed by atoms with Crippen molar-refractivity contribution in [1.29, 1.82) is 0 Å². The Balaban J connectivity index is 1.53. The maximum Gasteiger partial charge on any atom is 0.350 e. The Hall–Kier alpha value is -1.79. The number of esters is 1. The number of carbonyl (C=O) groups is 2. The van der Waals surface area contributed by atoms with Crippen molar-refractivity contribution >= 4 is 50.3 Å². The SMILES string of the molecule is COC(=O)c1sccc1NC(=O)CN1CCN(S(=O)(=O)c2cccs2)CC1. The average Bonchev–Trinajstić information content (AvgIpc) is 3.33. The van der Waals surface area contributed by atoms with Crippen molar-refractivity contribution in [2.75, 3.05) is 45.2 Å². The number of anilines is 1. The second-order valence-electron chi connectivity index (χ2n) is 5.82. The highest BCUT2D eigenvalue weighted by molar-refractivity contribution is 7.91. The lowest BCUT2D eigenvalue weighted by Gasteiger charge is -2.33. The largest absolute Gasteiger partial charge is 0.465 e. The van der Waals surface area contributed by atoms with Crippen LogP contribution in [0.4, 0.5) is 5.69 Å². The first kappa shape index (κ1) is 20.0. The van der Waals surface area contributed by atoms with Crippen LogP contribution in [0.3, 0.4) is 0 Å². The van der Waals surface area contributed by atoms with Crippen molar-refractivity contribution in [2.24, 2.45) is 0 Å². The zero-order valence-electron chi connectivity index (χ0n) is 14.6. The number of amides is 1. The fourth-order valence-corrected chi connectivity index (χ4v) is 6.05. The topological polar surface area (TPSA) is 96.0 Å². The molecule has 146 valence electrons. The van der Waals surface area contributed by atoms with E-state index in [2.05, 4.69) is 10.1 Å². The molecule has 0 saturated carbocycles. The molecule has 0 radical (unpaired) electrons. The van der Waals surface area contributed by atoms with Gasteiger partial charge in [0.1, 0.15) is 9.09 Å². The number of nitrogens with zero attached hydrogens (tertiary/aromatic N) is 2. The monoisotopic (exact) mass is 429 g/mol. The quantitative estimate of drug-likeness (QED) is 0.700. The summed E-state index contributed by atoms with van der Waals surface area (Å²) in [5.41, 5.74) is 0.427. The number of ether oxygens (including phenoxy) is 1. The molecule has 2 aromatic rings. The van der Waals surface area contributed by atoms with Crippen LogP contribution in [0.1, 0.15) is 9.67 Å². The lowest BCUT2D eigenvalue weighted by atomic mass is 10.3. The van der Waals surface area contributed by atoms with Gasteiger partial charge in [0.15, 0.2) is 0 Å². The molecule has 2 aromatic heterocycles. The first-order valence-electron chi connectivity index (χ1n) is 8.13. The van der Waals surface area contributed by atoms with E-state index in [-0.39, 0.29) is 12.5 Å². The summed E-state index contributed by atoms with van der Waals surface area (Å²) in [6.07, 6.45) is 0. The number of sulfonamides is 1. The van der Waals surface area contributed by atoms with Crippen molar-refractivity contribution < 1.29 is 22.7 Å². The third kappa shape index (κ3) is 4.55. The van der Waals surface area contributed by atoms with E-state index in [0.717, 1.165) is 0 Å². The molecule has 0 aliphatic carbocycles. The Kier molecular flexibility index (Phi) is 6.27. The Morgan fingerprint density at radius 3 is 2.52 bits per heavy atom. The van der Waals surface area contributed by atoms with Crippen LogP contribution >= 0.6 is 22.7 Å². The number of rotatable bonds is 6. The fourth-order valence-electron chi connectivity index (χ4n) is 2.72. The number of hydrogen-bond donors (Lipinski definition) is 1. The van der Waals surface area contributed by atoms with E-state index in [1.54, 1.807) is 29.0 Å². The molecular weight excluding hydrogens is 410 g/mol. The Morgan fingerprint density at radius 1 is 1.15 bits per heavy atom. The lowest BCUT2D eigenvalue weighted by Crippen LogP contribution is -2.50. The summed E-state index contributed by atoms with van der Waals surface area (Å²) < 4.78 is 31.5. The summed E-state index contributed by atoms with van der Waals surface area (Å²) >= 11 is 2.40. The van der Waals surface area contributed by atoms with Crippen LogP contribution in [0.15, 0.2) is 33.2 Å². The van der Waals surface area contributed by atoms with Gasteiger partial charge < -0.3 is 10.1 Å². The van der Waals surface area contributed by atoms with Gasteiger partial charge in [0, 0.05) is 26.2 Å². The second kappa shape index (κ2) is 8.48. The van der Waals surface area contributed by atoms with E-state index in [4.69, 9.17) is 0 Å². The average molecular weight is 430 g/mol. The van der Waals surface area contributed by atoms with Gasteiger partial charge in [-0.3, -0.25) is 9.69 Å². The summed E-state index contributed by atoms with van der Waals surface area (Å²) in [7, 11) is -2.17. The highest BCUT2D eigenvalue weighted by atomic mass is 32.2. The minimum atomic E-state index is -3.46. The van der Waals surface area contributed by atoms with Gasteiger partial charge in [-0.2, -0.15) is 4.31 Å². The maximum atomic E-state index is 12.5. The summed E-state index contributed by atoms with van der Waals surface area (Å²) in [6, 6.07) is 4.96. The van der Waals surface area contributed by atoms with Gasteiger partial charge in [-0.1, -0.05) is 6.07 Å². The first-order valence-corrected chi connectivity index (χ1v) is 11.3. The van der Waals surface area contributed by atoms with Gasteiger partial charge in [0.25, 0.3) is 10.0 Å². The minimum Gasteiger partial charge on any atom is -0.465 e. The molecule has 27 heavy (non-hydrogen) atoms. The molecule has 1 N–H and O–H groups in total. The molecule has 0 bridgehead atoms. The highest BCUT2D eigenvalue weighted by Crippen LogP contribution is 2.24. The molecule has 1 aliphatic rings. The molecule has 1 saturated heterocycles. The zero-order chi connectivity index (χ0) is 19.4. The van der Waals surface area contributed by atoms with E-state index in [1.807, 2.05) is 4.90 Å². The van der Waals surface area contributed by atoms with E-state index in [1.165, 1.54) is 34.1 Å². The number of nitrogens with one attached hydrogen (secondary N) is 1. The third-order valence-electron chi connectivity index (χ3n) is 4.10. The number of piperazine rings is 1. The Morgan fingerprint density at radius 2 is 1.89 bits per heavy atom. The summed E-state index contributed by atoms with van der Waals surface area (Å²) in [5, 5.41) is 6.16. The smallest absolute Gasteiger partial charge is 0.350 e. The van der Waals surface area contributed by atoms with Crippen LogP contribution in [0.25, 0.3) is 0 Å². The number of hydrogen-bond acceptors (Lipinski definition) is 8. The van der Waals surface area contributed by atoms with Gasteiger partial charge in [-0.05, 0) is 22.9 Å². The standard InChI is InChI=1S/C16H19N3O5S3/c1-24-16(21)15-12(4-10-26-15)17-13(20)11-18-5-7-19(8-6-18)27(22,23)14-3-2-9-25-14/h2-4,9-10H,5-8,11H2,1H3,(H,17,20). The zero-order valence-corrected chi connectivity index (χ0v) is 17.0. The van der Waals surface area contributed by atoms with Crippen molar-refractivity contribution in [3.63, 3.8) is 0 Å². The molecule has 0 spiro atoms. The van der Waals surface area contributed by atoms with Crippen molar-refractivity contribution in [1.82, 2.24) is 9.21 Å². The Bertz CT molecular complexity index is 900. The molecular formula is C16H19N3O5S3. The molecule has 0 aromatic carbocycles. The molecule has 1 amide bonds. The van der Waals surface area contributed by atoms with Crippen LogP contribution in [0.2, 0.25) is 0 Å². The third-order valence-corrected chi connectivity index (χ3v) is 8.26. The Labute approximate surface area is 165 Å². The number of thiophene rings is 2. The molecule has 1 aliphatic heterocycles. The van der Waals surface area contributed by atoms with Crippen molar-refractivity contribution in [2.45, 2.75) is 4.21 Å². The molecule has 0 unspecified atom stereocenters. The lowest BCUT2D eigenvalue weighted by molar-refractivity contribution is -0.117. The van der Waals surface area contributed by atoms with Gasteiger partial charge in [0.2, 0.25) is 5.91 Å². The minimum absolute atomic E-state index is 0.128. The van der Waals surface area contributed by atoms with Crippen LogP contribution in [0.5, 0.6) is 0 Å². The van der Waals surface area contributed by atoms with Crippen LogP contribution in [-0.2, 0) is 19.6 Å². The van der Waals surface area contributed by atoms with E-state index < -0.39 is 16.0 Å². The summed E-state index contributed by atoms with van der Waals surface area (Å²) in [4.78, 5) is 26.2.